The SMILES string of the molecule is CC(C)c1nc(CCN2CCCC2)sc1C(N)=S. The van der Waals surface area contributed by atoms with Crippen LogP contribution in [0.1, 0.15) is 48.2 Å². The van der Waals surface area contributed by atoms with E-state index in [4.69, 9.17) is 22.9 Å². The van der Waals surface area contributed by atoms with Crippen LogP contribution in [0.2, 0.25) is 0 Å². The van der Waals surface area contributed by atoms with Gasteiger partial charge in [-0.05, 0) is 31.8 Å². The van der Waals surface area contributed by atoms with Crippen LogP contribution < -0.4 is 5.73 Å². The van der Waals surface area contributed by atoms with Gasteiger partial charge in [0.05, 0.1) is 15.6 Å². The molecule has 1 fully saturated rings. The number of thiazole rings is 1. The summed E-state index contributed by atoms with van der Waals surface area (Å²) >= 11 is 6.79. The zero-order valence-electron chi connectivity index (χ0n) is 11.1. The third kappa shape index (κ3) is 3.28. The van der Waals surface area contributed by atoms with Gasteiger partial charge in [0.15, 0.2) is 0 Å². The van der Waals surface area contributed by atoms with Gasteiger partial charge in [0.25, 0.3) is 0 Å². The molecular formula is C13H21N3S2. The van der Waals surface area contributed by atoms with Crippen molar-refractivity contribution in [2.45, 2.75) is 39.0 Å². The lowest BCUT2D eigenvalue weighted by atomic mass is 10.1. The van der Waals surface area contributed by atoms with Crippen molar-refractivity contribution < 1.29 is 0 Å². The molecule has 0 saturated carbocycles. The van der Waals surface area contributed by atoms with Gasteiger partial charge >= 0.3 is 0 Å². The minimum atomic E-state index is 0.387. The Kier molecular flexibility index (Phi) is 4.70. The van der Waals surface area contributed by atoms with Gasteiger partial charge in [0.1, 0.15) is 4.99 Å². The van der Waals surface area contributed by atoms with Crippen molar-refractivity contribution in [2.24, 2.45) is 5.73 Å². The van der Waals surface area contributed by atoms with Crippen LogP contribution in [0, 0.1) is 0 Å². The maximum atomic E-state index is 5.78. The Balaban J connectivity index is 2.04. The number of aromatic nitrogens is 1. The molecule has 0 spiro atoms. The predicted octanol–water partition coefficient (Wildman–Crippen LogP) is 2.54. The molecule has 2 rings (SSSR count). The zero-order chi connectivity index (χ0) is 13.1. The van der Waals surface area contributed by atoms with Crippen molar-refractivity contribution in [3.63, 3.8) is 0 Å². The minimum Gasteiger partial charge on any atom is -0.389 e. The zero-order valence-corrected chi connectivity index (χ0v) is 12.7. The molecule has 5 heteroatoms. The van der Waals surface area contributed by atoms with Crippen LogP contribution in [0.4, 0.5) is 0 Å². The Morgan fingerprint density at radius 1 is 1.44 bits per heavy atom. The Morgan fingerprint density at radius 3 is 2.61 bits per heavy atom. The average molecular weight is 283 g/mol. The molecule has 100 valence electrons. The topological polar surface area (TPSA) is 42.2 Å². The molecule has 0 aliphatic carbocycles. The first kappa shape index (κ1) is 13.9. The maximum Gasteiger partial charge on any atom is 0.116 e. The largest absolute Gasteiger partial charge is 0.389 e. The molecule has 2 N–H and O–H groups in total. The second-order valence-electron chi connectivity index (χ2n) is 5.14. The number of nitrogens with zero attached hydrogens (tertiary/aromatic N) is 2. The fourth-order valence-electron chi connectivity index (χ4n) is 2.31. The van der Waals surface area contributed by atoms with E-state index in [0.717, 1.165) is 23.5 Å². The lowest BCUT2D eigenvalue weighted by Crippen LogP contribution is -2.21. The highest BCUT2D eigenvalue weighted by molar-refractivity contribution is 7.81. The summed E-state index contributed by atoms with van der Waals surface area (Å²) in [5, 5.41) is 1.17. The number of nitrogens with two attached hydrogens (primary N) is 1. The summed E-state index contributed by atoms with van der Waals surface area (Å²) < 4.78 is 0. The molecule has 0 aromatic carbocycles. The maximum absolute atomic E-state index is 5.78. The molecule has 0 unspecified atom stereocenters. The van der Waals surface area contributed by atoms with E-state index in [-0.39, 0.29) is 0 Å². The molecule has 1 aliphatic rings. The van der Waals surface area contributed by atoms with Gasteiger partial charge in [0.2, 0.25) is 0 Å². The molecule has 0 atom stereocenters. The monoisotopic (exact) mass is 283 g/mol. The van der Waals surface area contributed by atoms with E-state index in [9.17, 15) is 0 Å². The molecule has 1 aromatic heterocycles. The summed E-state index contributed by atoms with van der Waals surface area (Å²) in [6.45, 7) is 7.87. The lowest BCUT2D eigenvalue weighted by Gasteiger charge is -2.12. The molecule has 1 aromatic rings. The second kappa shape index (κ2) is 6.08. The average Bonchev–Trinajstić information content (AvgIpc) is 2.95. The number of thiocarbonyl (C=S) groups is 1. The van der Waals surface area contributed by atoms with Gasteiger partial charge in [-0.2, -0.15) is 0 Å². The fourth-order valence-corrected chi connectivity index (χ4v) is 3.60. The van der Waals surface area contributed by atoms with Gasteiger partial charge in [-0.25, -0.2) is 4.98 Å². The van der Waals surface area contributed by atoms with Gasteiger partial charge in [-0.1, -0.05) is 26.1 Å². The van der Waals surface area contributed by atoms with Crippen LogP contribution in [0.3, 0.4) is 0 Å². The smallest absolute Gasteiger partial charge is 0.116 e. The molecule has 0 bridgehead atoms. The lowest BCUT2D eigenvalue weighted by molar-refractivity contribution is 0.343. The van der Waals surface area contributed by atoms with Gasteiger partial charge in [-0.3, -0.25) is 0 Å². The van der Waals surface area contributed by atoms with E-state index in [0.29, 0.717) is 10.9 Å². The van der Waals surface area contributed by atoms with Crippen LogP contribution in [-0.4, -0.2) is 34.5 Å². The first-order valence-corrected chi connectivity index (χ1v) is 7.82. The van der Waals surface area contributed by atoms with Crippen molar-refractivity contribution in [3.05, 3.63) is 15.6 Å². The predicted molar refractivity (Wildman–Crippen MR) is 81.5 cm³/mol. The van der Waals surface area contributed by atoms with Crippen molar-refractivity contribution in [2.75, 3.05) is 19.6 Å². The highest BCUT2D eigenvalue weighted by Gasteiger charge is 2.17. The first-order chi connectivity index (χ1) is 8.58. The first-order valence-electron chi connectivity index (χ1n) is 6.59. The molecule has 2 heterocycles. The number of hydrogen-bond donors (Lipinski definition) is 1. The molecule has 18 heavy (non-hydrogen) atoms. The van der Waals surface area contributed by atoms with E-state index in [1.807, 2.05) is 0 Å². The fraction of sp³-hybridized carbons (Fsp3) is 0.692. The normalized spacial score (nSPS) is 16.6. The van der Waals surface area contributed by atoms with Crippen molar-refractivity contribution in [1.29, 1.82) is 0 Å². The summed E-state index contributed by atoms with van der Waals surface area (Å²) in [4.78, 5) is 8.73. The van der Waals surface area contributed by atoms with E-state index < -0.39 is 0 Å². The molecule has 3 nitrogen and oxygen atoms in total. The molecule has 1 aliphatic heterocycles. The standard InChI is InChI=1S/C13H21N3S2/c1-9(2)11-12(13(14)17)18-10(15-11)5-8-16-6-3-4-7-16/h9H,3-8H2,1-2H3,(H2,14,17). The Hall–Kier alpha value is -0.520. The molecular weight excluding hydrogens is 262 g/mol. The number of likely N-dealkylation sites (tertiary alicyclic amines) is 1. The van der Waals surface area contributed by atoms with E-state index in [2.05, 4.69) is 18.7 Å². The molecule has 1 saturated heterocycles. The Labute approximate surface area is 118 Å². The van der Waals surface area contributed by atoms with Crippen molar-refractivity contribution in [1.82, 2.24) is 9.88 Å². The van der Waals surface area contributed by atoms with Crippen LogP contribution in [0.25, 0.3) is 0 Å². The summed E-state index contributed by atoms with van der Waals surface area (Å²) in [7, 11) is 0. The highest BCUT2D eigenvalue weighted by Crippen LogP contribution is 2.25. The third-order valence-corrected chi connectivity index (χ3v) is 4.81. The van der Waals surface area contributed by atoms with Gasteiger partial charge < -0.3 is 10.6 Å². The Bertz CT molecular complexity index is 420. The minimum absolute atomic E-state index is 0.387. The quantitative estimate of drug-likeness (QED) is 0.843. The van der Waals surface area contributed by atoms with Crippen molar-refractivity contribution >= 4 is 28.5 Å². The number of hydrogen-bond acceptors (Lipinski definition) is 4. The van der Waals surface area contributed by atoms with E-state index >= 15 is 0 Å². The van der Waals surface area contributed by atoms with Crippen LogP contribution in [0.15, 0.2) is 0 Å². The van der Waals surface area contributed by atoms with E-state index in [1.165, 1.54) is 30.9 Å². The van der Waals surface area contributed by atoms with Crippen molar-refractivity contribution in [3.8, 4) is 0 Å². The molecule has 0 amide bonds. The van der Waals surface area contributed by atoms with E-state index in [1.54, 1.807) is 11.3 Å². The third-order valence-electron chi connectivity index (χ3n) is 3.31. The molecule has 0 radical (unpaired) electrons. The summed E-state index contributed by atoms with van der Waals surface area (Å²) in [6.07, 6.45) is 3.70. The summed E-state index contributed by atoms with van der Waals surface area (Å²) in [6, 6.07) is 0. The van der Waals surface area contributed by atoms with Gasteiger partial charge in [-0.15, -0.1) is 11.3 Å². The summed E-state index contributed by atoms with van der Waals surface area (Å²) in [5.41, 5.74) is 6.85. The highest BCUT2D eigenvalue weighted by atomic mass is 32.1. The summed E-state index contributed by atoms with van der Waals surface area (Å²) in [5.74, 6) is 0.387. The van der Waals surface area contributed by atoms with Crippen LogP contribution in [-0.2, 0) is 6.42 Å². The van der Waals surface area contributed by atoms with Crippen LogP contribution in [0.5, 0.6) is 0 Å². The van der Waals surface area contributed by atoms with Gasteiger partial charge in [0, 0.05) is 13.0 Å². The Morgan fingerprint density at radius 2 is 2.11 bits per heavy atom. The van der Waals surface area contributed by atoms with Crippen LogP contribution >= 0.6 is 23.6 Å². The second-order valence-corrected chi connectivity index (χ2v) is 6.66. The number of rotatable bonds is 5.